The summed E-state index contributed by atoms with van der Waals surface area (Å²) < 4.78 is 0. The van der Waals surface area contributed by atoms with Crippen LogP contribution in [0.1, 0.15) is 24.5 Å². The van der Waals surface area contributed by atoms with Crippen LogP contribution in [0, 0.1) is 11.8 Å². The first-order valence-electron chi connectivity index (χ1n) is 8.16. The summed E-state index contributed by atoms with van der Waals surface area (Å²) in [7, 11) is 0. The van der Waals surface area contributed by atoms with Crippen LogP contribution in [0.25, 0.3) is 10.9 Å². The maximum absolute atomic E-state index is 11.0. The zero-order valence-corrected chi connectivity index (χ0v) is 12.7. The van der Waals surface area contributed by atoms with E-state index >= 15 is 0 Å². The van der Waals surface area contributed by atoms with Crippen molar-refractivity contribution in [3.05, 3.63) is 54.7 Å². The van der Waals surface area contributed by atoms with E-state index < -0.39 is 6.10 Å². The van der Waals surface area contributed by atoms with Crippen LogP contribution >= 0.6 is 0 Å². The SMILES string of the molecule is C=C[C@@H]1CN2CC[C@H]1C[C@@H]2[C@@H](O)c1ccnc2ccccc12. The summed E-state index contributed by atoms with van der Waals surface area (Å²) in [5.41, 5.74) is 1.97. The van der Waals surface area contributed by atoms with Gasteiger partial charge in [0.2, 0.25) is 0 Å². The lowest BCUT2D eigenvalue weighted by molar-refractivity contribution is -0.0444. The molecule has 1 unspecified atom stereocenters. The maximum Gasteiger partial charge on any atom is 0.0952 e. The molecule has 3 aliphatic heterocycles. The topological polar surface area (TPSA) is 36.4 Å². The fourth-order valence-corrected chi connectivity index (χ4v) is 4.29. The highest BCUT2D eigenvalue weighted by Crippen LogP contribution is 2.41. The Morgan fingerprint density at radius 3 is 2.95 bits per heavy atom. The van der Waals surface area contributed by atoms with E-state index in [1.165, 1.54) is 6.42 Å². The minimum Gasteiger partial charge on any atom is -0.387 e. The average molecular weight is 294 g/mol. The van der Waals surface area contributed by atoms with Crippen LogP contribution in [0.5, 0.6) is 0 Å². The van der Waals surface area contributed by atoms with Gasteiger partial charge >= 0.3 is 0 Å². The van der Waals surface area contributed by atoms with Crippen LogP contribution in [0.4, 0.5) is 0 Å². The van der Waals surface area contributed by atoms with Gasteiger partial charge in [0.15, 0.2) is 0 Å². The number of hydrogen-bond acceptors (Lipinski definition) is 3. The Morgan fingerprint density at radius 2 is 2.18 bits per heavy atom. The number of aliphatic hydroxyl groups excluding tert-OH is 1. The maximum atomic E-state index is 11.0. The average Bonchev–Trinajstić information content (AvgIpc) is 2.60. The molecule has 3 nitrogen and oxygen atoms in total. The van der Waals surface area contributed by atoms with Crippen molar-refractivity contribution in [3.8, 4) is 0 Å². The van der Waals surface area contributed by atoms with Gasteiger partial charge in [0, 0.05) is 24.2 Å². The van der Waals surface area contributed by atoms with Gasteiger partial charge in [-0.25, -0.2) is 0 Å². The quantitative estimate of drug-likeness (QED) is 0.883. The number of rotatable bonds is 3. The summed E-state index contributed by atoms with van der Waals surface area (Å²) in [5, 5.41) is 12.1. The summed E-state index contributed by atoms with van der Waals surface area (Å²) >= 11 is 0. The molecular formula is C19H22N2O. The van der Waals surface area contributed by atoms with Gasteiger partial charge in [0.05, 0.1) is 11.6 Å². The number of benzene rings is 1. The molecule has 3 heteroatoms. The molecule has 114 valence electrons. The molecular weight excluding hydrogens is 272 g/mol. The summed E-state index contributed by atoms with van der Waals surface area (Å²) in [4.78, 5) is 6.86. The molecule has 1 aromatic carbocycles. The van der Waals surface area contributed by atoms with Gasteiger partial charge in [-0.2, -0.15) is 0 Å². The van der Waals surface area contributed by atoms with E-state index in [1.54, 1.807) is 0 Å². The molecule has 3 saturated heterocycles. The van der Waals surface area contributed by atoms with Crippen molar-refractivity contribution >= 4 is 10.9 Å². The number of pyridine rings is 1. The molecule has 3 aliphatic rings. The number of fused-ring (bicyclic) bond motifs is 4. The highest BCUT2D eigenvalue weighted by atomic mass is 16.3. The van der Waals surface area contributed by atoms with Gasteiger partial charge in [0.1, 0.15) is 0 Å². The summed E-state index contributed by atoms with van der Waals surface area (Å²) in [5.74, 6) is 1.27. The molecule has 1 aromatic heterocycles. The van der Waals surface area contributed by atoms with Crippen molar-refractivity contribution in [2.24, 2.45) is 11.8 Å². The van der Waals surface area contributed by atoms with E-state index in [0.29, 0.717) is 11.8 Å². The van der Waals surface area contributed by atoms with Crippen LogP contribution < -0.4 is 0 Å². The third kappa shape index (κ3) is 2.16. The molecule has 2 aromatic rings. The molecule has 5 rings (SSSR count). The van der Waals surface area contributed by atoms with Crippen molar-refractivity contribution in [1.82, 2.24) is 9.88 Å². The first kappa shape index (κ1) is 13.9. The highest BCUT2D eigenvalue weighted by molar-refractivity contribution is 5.82. The Bertz CT molecular complexity index is 693. The summed E-state index contributed by atoms with van der Waals surface area (Å²) in [6, 6.07) is 10.3. The molecule has 0 spiro atoms. The van der Waals surface area contributed by atoms with Gasteiger partial charge in [-0.1, -0.05) is 24.3 Å². The zero-order chi connectivity index (χ0) is 15.1. The smallest absolute Gasteiger partial charge is 0.0952 e. The lowest BCUT2D eigenvalue weighted by Gasteiger charge is -2.50. The Hall–Kier alpha value is -1.71. The molecule has 3 fully saturated rings. The number of aliphatic hydroxyl groups is 1. The van der Waals surface area contributed by atoms with Crippen molar-refractivity contribution < 1.29 is 5.11 Å². The monoisotopic (exact) mass is 294 g/mol. The number of hydrogen-bond donors (Lipinski definition) is 1. The molecule has 0 radical (unpaired) electrons. The molecule has 0 amide bonds. The Labute approximate surface area is 131 Å². The number of piperidine rings is 3. The Balaban J connectivity index is 1.67. The molecule has 22 heavy (non-hydrogen) atoms. The molecule has 2 bridgehead atoms. The third-order valence-corrected chi connectivity index (χ3v) is 5.52. The van der Waals surface area contributed by atoms with Crippen LogP contribution in [0.15, 0.2) is 49.2 Å². The minimum absolute atomic E-state index is 0.223. The molecule has 5 atom stereocenters. The molecule has 4 heterocycles. The number of para-hydroxylation sites is 1. The van der Waals surface area contributed by atoms with Crippen molar-refractivity contribution in [2.45, 2.75) is 25.0 Å². The van der Waals surface area contributed by atoms with Crippen LogP contribution in [-0.2, 0) is 0 Å². The molecule has 0 aliphatic carbocycles. The van der Waals surface area contributed by atoms with Crippen LogP contribution in [-0.4, -0.2) is 34.1 Å². The van der Waals surface area contributed by atoms with Crippen LogP contribution in [0.3, 0.4) is 0 Å². The van der Waals surface area contributed by atoms with Gasteiger partial charge in [0.25, 0.3) is 0 Å². The third-order valence-electron chi connectivity index (χ3n) is 5.52. The van der Waals surface area contributed by atoms with Crippen LogP contribution in [0.2, 0.25) is 0 Å². The largest absolute Gasteiger partial charge is 0.387 e. The minimum atomic E-state index is -0.443. The second kappa shape index (κ2) is 5.49. The predicted octanol–water partition coefficient (Wildman–Crippen LogP) is 3.16. The van der Waals surface area contributed by atoms with Gasteiger partial charge in [-0.3, -0.25) is 9.88 Å². The van der Waals surface area contributed by atoms with Crippen molar-refractivity contribution in [2.75, 3.05) is 13.1 Å². The highest BCUT2D eigenvalue weighted by Gasteiger charge is 2.42. The van der Waals surface area contributed by atoms with E-state index in [1.807, 2.05) is 30.5 Å². The normalized spacial score (nSPS) is 32.0. The first-order valence-corrected chi connectivity index (χ1v) is 8.16. The van der Waals surface area contributed by atoms with Gasteiger partial charge in [-0.05, 0) is 48.9 Å². The lowest BCUT2D eigenvalue weighted by atomic mass is 9.73. The van der Waals surface area contributed by atoms with E-state index in [-0.39, 0.29) is 6.04 Å². The fourth-order valence-electron chi connectivity index (χ4n) is 4.29. The van der Waals surface area contributed by atoms with Gasteiger partial charge in [-0.15, -0.1) is 6.58 Å². The second-order valence-corrected chi connectivity index (χ2v) is 6.61. The van der Waals surface area contributed by atoms with Crippen molar-refractivity contribution in [3.63, 3.8) is 0 Å². The lowest BCUT2D eigenvalue weighted by Crippen LogP contribution is -2.54. The van der Waals surface area contributed by atoms with E-state index in [2.05, 4.69) is 28.6 Å². The summed E-state index contributed by atoms with van der Waals surface area (Å²) in [6.07, 6.45) is 5.76. The molecule has 0 saturated carbocycles. The van der Waals surface area contributed by atoms with E-state index in [9.17, 15) is 5.11 Å². The zero-order valence-electron chi connectivity index (χ0n) is 12.7. The first-order chi connectivity index (χ1) is 10.8. The standard InChI is InChI=1S/C19H22N2O/c1-2-13-12-21-10-8-14(13)11-18(21)19(22)16-7-9-20-17-6-4-3-5-15(16)17/h2-7,9,13-14,18-19,22H,1,8,10-12H2/t13-,14+,18-,19+/m1/s1. The van der Waals surface area contributed by atoms with E-state index in [4.69, 9.17) is 0 Å². The molecule has 1 N–H and O–H groups in total. The van der Waals surface area contributed by atoms with E-state index in [0.717, 1.165) is 36.0 Å². The van der Waals surface area contributed by atoms with Gasteiger partial charge < -0.3 is 5.11 Å². The summed E-state index contributed by atoms with van der Waals surface area (Å²) in [6.45, 7) is 6.11. The predicted molar refractivity (Wildman–Crippen MR) is 88.5 cm³/mol. The Kier molecular flexibility index (Phi) is 3.47. The Morgan fingerprint density at radius 1 is 1.32 bits per heavy atom. The number of nitrogens with zero attached hydrogens (tertiary/aromatic N) is 2. The number of aromatic nitrogens is 1. The fraction of sp³-hybridized carbons (Fsp3) is 0.421. The van der Waals surface area contributed by atoms with Crippen molar-refractivity contribution in [1.29, 1.82) is 0 Å². The second-order valence-electron chi connectivity index (χ2n) is 6.61.